The van der Waals surface area contributed by atoms with E-state index < -0.39 is 0 Å². The van der Waals surface area contributed by atoms with Gasteiger partial charge in [0.05, 0.1) is 5.29 Å². The standard InChI is InChI=1S/C6H7N3O.Na/c1-5-2-3-7-6(4-5)8-9-10;/h2-4H,1H3,(H,7,8,10);/q;+1. The molecule has 1 aromatic heterocycles. The average Bonchev–Trinajstić information content (AvgIpc) is 1.88. The maximum absolute atomic E-state index is 9.68. The molecule has 5 heteroatoms. The molecule has 0 bridgehead atoms. The SMILES string of the molecule is Cc1ccnc(NN=O)c1.[Na+]. The van der Waals surface area contributed by atoms with Crippen molar-refractivity contribution in [2.24, 2.45) is 5.29 Å². The van der Waals surface area contributed by atoms with Crippen LogP contribution in [0.15, 0.2) is 23.6 Å². The molecule has 0 radical (unpaired) electrons. The zero-order valence-corrected chi connectivity index (χ0v) is 8.53. The van der Waals surface area contributed by atoms with Gasteiger partial charge in [-0.25, -0.2) is 10.4 Å². The summed E-state index contributed by atoms with van der Waals surface area (Å²) in [5.41, 5.74) is 3.25. The topological polar surface area (TPSA) is 54.4 Å². The molecule has 0 amide bonds. The maximum atomic E-state index is 9.68. The Labute approximate surface area is 86.6 Å². The Morgan fingerprint density at radius 2 is 2.36 bits per heavy atom. The number of aromatic nitrogens is 1. The van der Waals surface area contributed by atoms with E-state index in [1.807, 2.05) is 13.0 Å². The van der Waals surface area contributed by atoms with Crippen LogP contribution >= 0.6 is 0 Å². The first kappa shape index (κ1) is 10.6. The van der Waals surface area contributed by atoms with Gasteiger partial charge in [-0.15, -0.1) is 4.91 Å². The molecule has 0 unspecified atom stereocenters. The normalized spacial score (nSPS) is 8.09. The van der Waals surface area contributed by atoms with Crippen LogP contribution in [-0.4, -0.2) is 4.98 Å². The fraction of sp³-hybridized carbons (Fsp3) is 0.167. The van der Waals surface area contributed by atoms with Gasteiger partial charge in [0, 0.05) is 6.20 Å². The van der Waals surface area contributed by atoms with Gasteiger partial charge in [0.1, 0.15) is 5.82 Å². The van der Waals surface area contributed by atoms with Crippen molar-refractivity contribution in [2.45, 2.75) is 6.92 Å². The molecule has 0 aliphatic carbocycles. The second kappa shape index (κ2) is 5.23. The first-order valence-corrected chi connectivity index (χ1v) is 2.84. The van der Waals surface area contributed by atoms with Crippen LogP contribution in [0.25, 0.3) is 0 Å². The summed E-state index contributed by atoms with van der Waals surface area (Å²) in [4.78, 5) is 13.5. The summed E-state index contributed by atoms with van der Waals surface area (Å²) in [6, 6.07) is 3.58. The van der Waals surface area contributed by atoms with Crippen molar-refractivity contribution in [2.75, 3.05) is 5.43 Å². The molecular formula is C6H7N3NaO+. The fourth-order valence-corrected chi connectivity index (χ4v) is 0.644. The van der Waals surface area contributed by atoms with Gasteiger partial charge < -0.3 is 0 Å². The van der Waals surface area contributed by atoms with E-state index in [1.54, 1.807) is 12.3 Å². The minimum atomic E-state index is 0. The molecule has 0 atom stereocenters. The van der Waals surface area contributed by atoms with Crippen LogP contribution in [0, 0.1) is 11.8 Å². The van der Waals surface area contributed by atoms with E-state index in [1.165, 1.54) is 0 Å². The van der Waals surface area contributed by atoms with Crippen LogP contribution in [0.3, 0.4) is 0 Å². The van der Waals surface area contributed by atoms with Crippen molar-refractivity contribution in [1.29, 1.82) is 0 Å². The monoisotopic (exact) mass is 160 g/mol. The van der Waals surface area contributed by atoms with Crippen LogP contribution in [0.1, 0.15) is 5.56 Å². The van der Waals surface area contributed by atoms with Gasteiger partial charge in [0.25, 0.3) is 0 Å². The smallest absolute Gasteiger partial charge is 0.238 e. The van der Waals surface area contributed by atoms with Crippen LogP contribution in [-0.2, 0) is 0 Å². The minimum absolute atomic E-state index is 0. The molecule has 1 aromatic rings. The van der Waals surface area contributed by atoms with E-state index in [4.69, 9.17) is 0 Å². The second-order valence-corrected chi connectivity index (χ2v) is 1.92. The Balaban J connectivity index is 0.000001000. The number of anilines is 1. The van der Waals surface area contributed by atoms with Crippen molar-refractivity contribution in [3.8, 4) is 0 Å². The predicted molar refractivity (Wildman–Crippen MR) is 38.4 cm³/mol. The van der Waals surface area contributed by atoms with E-state index in [0.29, 0.717) is 5.82 Å². The van der Waals surface area contributed by atoms with Crippen LogP contribution in [0.2, 0.25) is 0 Å². The summed E-state index contributed by atoms with van der Waals surface area (Å²) >= 11 is 0. The Morgan fingerprint density at radius 3 is 2.91 bits per heavy atom. The molecule has 52 valence electrons. The molecule has 1 heterocycles. The molecule has 0 saturated carbocycles. The number of nitroso groups, excluding NO2 is 1. The molecule has 0 spiro atoms. The van der Waals surface area contributed by atoms with E-state index in [9.17, 15) is 4.91 Å². The number of pyridine rings is 1. The third-order valence-corrected chi connectivity index (χ3v) is 1.08. The van der Waals surface area contributed by atoms with Gasteiger partial charge in [0.2, 0.25) is 0 Å². The average molecular weight is 160 g/mol. The zero-order valence-electron chi connectivity index (χ0n) is 6.53. The molecular weight excluding hydrogens is 153 g/mol. The summed E-state index contributed by atoms with van der Waals surface area (Å²) < 4.78 is 0. The summed E-state index contributed by atoms with van der Waals surface area (Å²) in [7, 11) is 0. The van der Waals surface area contributed by atoms with Crippen molar-refractivity contribution >= 4 is 5.82 Å². The number of nitrogens with zero attached hydrogens (tertiary/aromatic N) is 2. The number of nitrogens with one attached hydrogen (secondary N) is 1. The first-order valence-electron chi connectivity index (χ1n) is 2.84. The van der Waals surface area contributed by atoms with E-state index >= 15 is 0 Å². The van der Waals surface area contributed by atoms with Gasteiger partial charge >= 0.3 is 29.6 Å². The number of hydrogen-bond acceptors (Lipinski definition) is 3. The summed E-state index contributed by atoms with van der Waals surface area (Å²) in [5, 5.41) is 2.48. The van der Waals surface area contributed by atoms with Crippen molar-refractivity contribution < 1.29 is 29.6 Å². The van der Waals surface area contributed by atoms with Crippen LogP contribution in [0.5, 0.6) is 0 Å². The molecule has 0 aromatic carbocycles. The quantitative estimate of drug-likeness (QED) is 0.325. The number of rotatable bonds is 2. The number of aryl methyl sites for hydroxylation is 1. The Kier molecular flexibility index (Phi) is 5.02. The molecule has 0 aliphatic heterocycles. The third-order valence-electron chi connectivity index (χ3n) is 1.08. The number of hydrogen-bond donors (Lipinski definition) is 1. The van der Waals surface area contributed by atoms with Crippen LogP contribution in [0.4, 0.5) is 5.82 Å². The Morgan fingerprint density at radius 1 is 1.64 bits per heavy atom. The van der Waals surface area contributed by atoms with Crippen molar-refractivity contribution in [1.82, 2.24) is 4.98 Å². The molecule has 1 N–H and O–H groups in total. The predicted octanol–water partition coefficient (Wildman–Crippen LogP) is -1.51. The Bertz CT molecular complexity index is 241. The largest absolute Gasteiger partial charge is 1.00 e. The second-order valence-electron chi connectivity index (χ2n) is 1.92. The van der Waals surface area contributed by atoms with Gasteiger partial charge in [-0.2, -0.15) is 0 Å². The van der Waals surface area contributed by atoms with E-state index in [2.05, 4.69) is 15.7 Å². The van der Waals surface area contributed by atoms with Gasteiger partial charge in [-0.1, -0.05) is 0 Å². The van der Waals surface area contributed by atoms with E-state index in [0.717, 1.165) is 5.56 Å². The minimum Gasteiger partial charge on any atom is -0.238 e. The molecule has 0 aliphatic rings. The fourth-order valence-electron chi connectivity index (χ4n) is 0.644. The molecule has 11 heavy (non-hydrogen) atoms. The zero-order chi connectivity index (χ0) is 7.40. The van der Waals surface area contributed by atoms with Gasteiger partial charge in [-0.3, -0.25) is 0 Å². The molecule has 1 rings (SSSR count). The Hall–Kier alpha value is -0.450. The summed E-state index contributed by atoms with van der Waals surface area (Å²) in [6.07, 6.45) is 1.61. The summed E-state index contributed by atoms with van der Waals surface area (Å²) in [5.74, 6) is 0.481. The first-order chi connectivity index (χ1) is 4.83. The van der Waals surface area contributed by atoms with Crippen molar-refractivity contribution in [3.05, 3.63) is 28.8 Å². The third kappa shape index (κ3) is 3.46. The van der Waals surface area contributed by atoms with Crippen molar-refractivity contribution in [3.63, 3.8) is 0 Å². The maximum Gasteiger partial charge on any atom is 1.00 e. The summed E-state index contributed by atoms with van der Waals surface area (Å²) in [6.45, 7) is 1.91. The molecule has 0 saturated heterocycles. The van der Waals surface area contributed by atoms with Gasteiger partial charge in [-0.05, 0) is 24.6 Å². The molecule has 0 fully saturated rings. The van der Waals surface area contributed by atoms with Gasteiger partial charge in [0.15, 0.2) is 0 Å². The van der Waals surface area contributed by atoms with Crippen LogP contribution < -0.4 is 35.0 Å². The molecule has 4 nitrogen and oxygen atoms in total. The van der Waals surface area contributed by atoms with E-state index in [-0.39, 0.29) is 29.6 Å².